The number of nitrogens with zero attached hydrogens (tertiary/aromatic N) is 4. The molecule has 2 aromatic heterocycles. The van der Waals surface area contributed by atoms with Gasteiger partial charge in [0.1, 0.15) is 23.0 Å². The number of aromatic nitrogens is 3. The van der Waals surface area contributed by atoms with Crippen LogP contribution in [0.2, 0.25) is 0 Å². The average molecular weight is 217 g/mol. The quantitative estimate of drug-likeness (QED) is 0.672. The fourth-order valence-corrected chi connectivity index (χ4v) is 1.29. The fraction of sp³-hybridized carbons (Fsp3) is 0.111. The van der Waals surface area contributed by atoms with Gasteiger partial charge in [0.15, 0.2) is 5.65 Å². The van der Waals surface area contributed by atoms with E-state index in [4.69, 9.17) is 11.0 Å². The second-order valence-corrected chi connectivity index (χ2v) is 2.95. The molecule has 0 bridgehead atoms. The van der Waals surface area contributed by atoms with Crippen LogP contribution in [0, 0.1) is 11.3 Å². The predicted molar refractivity (Wildman–Crippen MR) is 53.5 cm³/mol. The Labute approximate surface area is 90.1 Å². The van der Waals surface area contributed by atoms with Gasteiger partial charge >= 0.3 is 5.97 Å². The van der Waals surface area contributed by atoms with Gasteiger partial charge in [-0.25, -0.2) is 9.78 Å². The zero-order chi connectivity index (χ0) is 11.7. The van der Waals surface area contributed by atoms with E-state index >= 15 is 0 Å². The number of rotatable bonds is 1. The molecule has 7 nitrogen and oxygen atoms in total. The Morgan fingerprint density at radius 2 is 2.38 bits per heavy atom. The summed E-state index contributed by atoms with van der Waals surface area (Å²) in [5.74, 6) is -0.408. The van der Waals surface area contributed by atoms with Crippen molar-refractivity contribution in [1.82, 2.24) is 14.6 Å². The second-order valence-electron chi connectivity index (χ2n) is 2.95. The van der Waals surface area contributed by atoms with Gasteiger partial charge in [-0.05, 0) is 0 Å². The average Bonchev–Trinajstić information content (AvgIpc) is 2.73. The largest absolute Gasteiger partial charge is 0.465 e. The number of nitriles is 1. The fourth-order valence-electron chi connectivity index (χ4n) is 1.29. The first kappa shape index (κ1) is 9.92. The van der Waals surface area contributed by atoms with Gasteiger partial charge in [-0.3, -0.25) is 0 Å². The number of carbonyl (C=O) groups excluding carboxylic acids is 1. The van der Waals surface area contributed by atoms with Gasteiger partial charge in [-0.15, -0.1) is 0 Å². The van der Waals surface area contributed by atoms with Gasteiger partial charge in [0.25, 0.3) is 0 Å². The number of methoxy groups -OCH3 is 1. The maximum atomic E-state index is 11.3. The summed E-state index contributed by atoms with van der Waals surface area (Å²) in [7, 11) is 1.26. The number of nitrogens with two attached hydrogens (primary N) is 1. The standard InChI is InChI=1S/C9H7N5O2/c1-16-9(15)6-4-13-14-7(11)5(2-10)3-12-8(6)14/h3-4H,11H2,1H3. The van der Waals surface area contributed by atoms with Crippen LogP contribution in [-0.2, 0) is 4.74 Å². The van der Waals surface area contributed by atoms with Crippen LogP contribution in [0.4, 0.5) is 5.82 Å². The molecule has 16 heavy (non-hydrogen) atoms. The van der Waals surface area contributed by atoms with Crippen LogP contribution in [0.3, 0.4) is 0 Å². The van der Waals surface area contributed by atoms with E-state index in [1.54, 1.807) is 0 Å². The highest BCUT2D eigenvalue weighted by Gasteiger charge is 2.16. The molecule has 2 N–H and O–H groups in total. The number of ether oxygens (including phenoxy) is 1. The topological polar surface area (TPSA) is 106 Å². The predicted octanol–water partition coefficient (Wildman–Crippen LogP) is -0.0302. The van der Waals surface area contributed by atoms with Gasteiger partial charge in [-0.1, -0.05) is 0 Å². The van der Waals surface area contributed by atoms with Crippen molar-refractivity contribution in [3.63, 3.8) is 0 Å². The molecule has 0 unspecified atom stereocenters. The summed E-state index contributed by atoms with van der Waals surface area (Å²) in [6.45, 7) is 0. The molecule has 0 spiro atoms. The lowest BCUT2D eigenvalue weighted by molar-refractivity contribution is 0.0602. The van der Waals surface area contributed by atoms with Crippen LogP contribution in [0.15, 0.2) is 12.4 Å². The van der Waals surface area contributed by atoms with Crippen LogP contribution in [0.1, 0.15) is 15.9 Å². The summed E-state index contributed by atoms with van der Waals surface area (Å²) in [5.41, 5.74) is 6.35. The van der Waals surface area contributed by atoms with Crippen molar-refractivity contribution in [2.24, 2.45) is 0 Å². The van der Waals surface area contributed by atoms with E-state index in [9.17, 15) is 4.79 Å². The van der Waals surface area contributed by atoms with Crippen molar-refractivity contribution in [3.05, 3.63) is 23.5 Å². The Bertz CT molecular complexity index is 610. The summed E-state index contributed by atoms with van der Waals surface area (Å²) in [6, 6.07) is 1.88. The van der Waals surface area contributed by atoms with Gasteiger partial charge in [-0.2, -0.15) is 14.9 Å². The molecular formula is C9H7N5O2. The normalized spacial score (nSPS) is 10.0. The van der Waals surface area contributed by atoms with Crippen LogP contribution in [0.25, 0.3) is 5.65 Å². The number of hydrogen-bond donors (Lipinski definition) is 1. The molecule has 80 valence electrons. The monoisotopic (exact) mass is 217 g/mol. The SMILES string of the molecule is COC(=O)c1cnn2c(N)c(C#N)cnc12. The molecule has 2 rings (SSSR count). The van der Waals surface area contributed by atoms with Gasteiger partial charge in [0.2, 0.25) is 0 Å². The highest BCUT2D eigenvalue weighted by Crippen LogP contribution is 2.15. The van der Waals surface area contributed by atoms with E-state index < -0.39 is 5.97 Å². The van der Waals surface area contributed by atoms with E-state index in [0.29, 0.717) is 0 Å². The zero-order valence-electron chi connectivity index (χ0n) is 8.34. The first-order valence-corrected chi connectivity index (χ1v) is 4.29. The first-order valence-electron chi connectivity index (χ1n) is 4.29. The summed E-state index contributed by atoms with van der Waals surface area (Å²) < 4.78 is 5.79. The zero-order valence-corrected chi connectivity index (χ0v) is 8.34. The third-order valence-electron chi connectivity index (χ3n) is 2.09. The molecule has 0 aliphatic heterocycles. The molecule has 0 saturated heterocycles. The first-order chi connectivity index (χ1) is 7.69. The van der Waals surface area contributed by atoms with Gasteiger partial charge < -0.3 is 10.5 Å². The number of anilines is 1. The molecule has 0 aromatic carbocycles. The lowest BCUT2D eigenvalue weighted by atomic mass is 10.3. The number of hydrogen-bond acceptors (Lipinski definition) is 6. The maximum absolute atomic E-state index is 11.3. The number of nitrogen functional groups attached to an aromatic ring is 1. The summed E-state index contributed by atoms with van der Waals surface area (Å²) >= 11 is 0. The molecule has 0 atom stereocenters. The maximum Gasteiger partial charge on any atom is 0.343 e. The molecule has 0 amide bonds. The molecule has 0 saturated carbocycles. The van der Waals surface area contributed by atoms with Crippen molar-refractivity contribution in [2.45, 2.75) is 0 Å². The van der Waals surface area contributed by atoms with Crippen LogP contribution < -0.4 is 5.73 Å². The van der Waals surface area contributed by atoms with Gasteiger partial charge in [0.05, 0.1) is 19.5 Å². The van der Waals surface area contributed by atoms with Crippen molar-refractivity contribution >= 4 is 17.4 Å². The number of esters is 1. The lowest BCUT2D eigenvalue weighted by Gasteiger charge is -2.00. The van der Waals surface area contributed by atoms with E-state index in [1.807, 2.05) is 6.07 Å². The minimum absolute atomic E-state index is 0.141. The molecule has 7 heteroatoms. The highest BCUT2D eigenvalue weighted by atomic mass is 16.5. The summed E-state index contributed by atoms with van der Waals surface area (Å²) in [5, 5.41) is 12.6. The molecule has 0 radical (unpaired) electrons. The van der Waals surface area contributed by atoms with E-state index in [-0.39, 0.29) is 22.6 Å². The third kappa shape index (κ3) is 1.25. The van der Waals surface area contributed by atoms with E-state index in [0.717, 1.165) is 0 Å². The third-order valence-corrected chi connectivity index (χ3v) is 2.09. The van der Waals surface area contributed by atoms with E-state index in [1.165, 1.54) is 24.0 Å². The van der Waals surface area contributed by atoms with Crippen molar-refractivity contribution < 1.29 is 9.53 Å². The Hall–Kier alpha value is -2.62. The number of fused-ring (bicyclic) bond motifs is 1. The molecular weight excluding hydrogens is 210 g/mol. The Balaban J connectivity index is 2.73. The van der Waals surface area contributed by atoms with Crippen LogP contribution >= 0.6 is 0 Å². The second kappa shape index (κ2) is 3.51. The Morgan fingerprint density at radius 3 is 3.00 bits per heavy atom. The van der Waals surface area contributed by atoms with Crippen LogP contribution in [-0.4, -0.2) is 27.7 Å². The van der Waals surface area contributed by atoms with E-state index in [2.05, 4.69) is 14.8 Å². The summed E-state index contributed by atoms with van der Waals surface area (Å²) in [4.78, 5) is 15.3. The highest BCUT2D eigenvalue weighted by molar-refractivity contribution is 5.95. The molecule has 0 fully saturated rings. The minimum Gasteiger partial charge on any atom is -0.465 e. The molecule has 0 aliphatic carbocycles. The van der Waals surface area contributed by atoms with Crippen molar-refractivity contribution in [2.75, 3.05) is 12.8 Å². The van der Waals surface area contributed by atoms with Gasteiger partial charge in [0, 0.05) is 0 Å². The molecule has 2 aromatic rings. The smallest absolute Gasteiger partial charge is 0.343 e. The Morgan fingerprint density at radius 1 is 1.62 bits per heavy atom. The summed E-state index contributed by atoms with van der Waals surface area (Å²) in [6.07, 6.45) is 2.59. The van der Waals surface area contributed by atoms with Crippen molar-refractivity contribution in [1.29, 1.82) is 5.26 Å². The minimum atomic E-state index is -0.549. The Kier molecular flexibility index (Phi) is 2.17. The van der Waals surface area contributed by atoms with Crippen LogP contribution in [0.5, 0.6) is 0 Å². The molecule has 2 heterocycles. The molecule has 0 aliphatic rings. The number of carbonyl (C=O) groups is 1. The lowest BCUT2D eigenvalue weighted by Crippen LogP contribution is -2.05. The van der Waals surface area contributed by atoms with Crippen molar-refractivity contribution in [3.8, 4) is 6.07 Å².